The number of nitrogens with one attached hydrogen (secondary N) is 1. The molecule has 11 nitrogen and oxygen atoms in total. The van der Waals surface area contributed by atoms with Crippen molar-refractivity contribution in [3.05, 3.63) is 18.0 Å². The number of amides is 1. The summed E-state index contributed by atoms with van der Waals surface area (Å²) in [6, 6.07) is 3.10. The van der Waals surface area contributed by atoms with Crippen LogP contribution in [0.15, 0.2) is 12.1 Å². The van der Waals surface area contributed by atoms with E-state index in [4.69, 9.17) is 19.3 Å². The Morgan fingerprint density at radius 3 is 2.68 bits per heavy atom. The highest BCUT2D eigenvalue weighted by Crippen LogP contribution is 2.32. The zero-order valence-electron chi connectivity index (χ0n) is 17.9. The first kappa shape index (κ1) is 21.4. The minimum absolute atomic E-state index is 0.164. The maximum Gasteiger partial charge on any atom is 0.328 e. The number of carbonyl (C=O) groups excluding carboxylic acids is 2. The molecule has 0 unspecified atom stereocenters. The molecule has 2 fully saturated rings. The molecule has 4 heterocycles. The van der Waals surface area contributed by atoms with Crippen LogP contribution >= 0.6 is 0 Å². The molecule has 2 aromatic heterocycles. The number of hydrogen-bond acceptors (Lipinski definition) is 9. The van der Waals surface area contributed by atoms with Crippen molar-refractivity contribution in [2.45, 2.75) is 51.4 Å². The molecule has 0 aliphatic carbocycles. The molecule has 1 spiro atoms. The van der Waals surface area contributed by atoms with Crippen molar-refractivity contribution in [1.29, 1.82) is 0 Å². The maximum absolute atomic E-state index is 12.2. The van der Waals surface area contributed by atoms with Crippen molar-refractivity contribution >= 4 is 23.3 Å². The predicted molar refractivity (Wildman–Crippen MR) is 109 cm³/mol. The number of fused-ring (bicyclic) bond motifs is 1. The Morgan fingerprint density at radius 1 is 1.23 bits per heavy atom. The molecule has 168 valence electrons. The van der Waals surface area contributed by atoms with Crippen molar-refractivity contribution in [3.63, 3.8) is 0 Å². The summed E-state index contributed by atoms with van der Waals surface area (Å²) >= 11 is 0. The summed E-state index contributed by atoms with van der Waals surface area (Å²) in [7, 11) is 0. The quantitative estimate of drug-likeness (QED) is 0.622. The second-order valence-corrected chi connectivity index (χ2v) is 7.71. The topological polar surface area (TPSA) is 120 Å². The number of piperidine rings is 1. The Morgan fingerprint density at radius 2 is 1.97 bits per heavy atom. The standard InChI is InChI=1S/C20H28N6O5/c1-3-29-19(28)14(2)21-18(27)7-6-16-23-22-15-4-5-17(24-26(15)16)25-10-8-20(9-11-25)30-12-13-31-20/h4-5,14H,3,6-13H2,1-2H3,(H,21,27)/t14-/m1/s1. The Bertz CT molecular complexity index is 931. The molecule has 31 heavy (non-hydrogen) atoms. The maximum atomic E-state index is 12.2. The average molecular weight is 432 g/mol. The van der Waals surface area contributed by atoms with Crippen LogP contribution in [-0.4, -0.2) is 76.4 Å². The first-order chi connectivity index (χ1) is 15.0. The fourth-order valence-electron chi connectivity index (χ4n) is 3.88. The van der Waals surface area contributed by atoms with Gasteiger partial charge in [-0.05, 0) is 26.0 Å². The molecular weight excluding hydrogens is 404 g/mol. The van der Waals surface area contributed by atoms with Crippen LogP contribution in [0.2, 0.25) is 0 Å². The third kappa shape index (κ3) is 4.77. The van der Waals surface area contributed by atoms with Crippen LogP contribution in [0.1, 0.15) is 38.9 Å². The fourth-order valence-corrected chi connectivity index (χ4v) is 3.88. The van der Waals surface area contributed by atoms with Gasteiger partial charge in [-0.15, -0.1) is 15.3 Å². The van der Waals surface area contributed by atoms with E-state index in [9.17, 15) is 9.59 Å². The molecule has 4 rings (SSSR count). The highest BCUT2D eigenvalue weighted by atomic mass is 16.7. The SMILES string of the molecule is CCOC(=O)[C@@H](C)NC(=O)CCc1nnc2ccc(N3CCC4(CC3)OCCO4)nn12. The van der Waals surface area contributed by atoms with Gasteiger partial charge < -0.3 is 24.4 Å². The van der Waals surface area contributed by atoms with E-state index in [1.54, 1.807) is 18.4 Å². The van der Waals surface area contributed by atoms with Gasteiger partial charge in [-0.3, -0.25) is 4.79 Å². The summed E-state index contributed by atoms with van der Waals surface area (Å²) in [5, 5.41) is 15.6. The van der Waals surface area contributed by atoms with Crippen LogP contribution in [0.3, 0.4) is 0 Å². The normalized spacial score (nSPS) is 19.0. The summed E-state index contributed by atoms with van der Waals surface area (Å²) in [5.74, 6) is 0.266. The predicted octanol–water partition coefficient (Wildman–Crippen LogP) is 0.468. The number of carbonyl (C=O) groups is 2. The first-order valence-electron chi connectivity index (χ1n) is 10.7. The molecule has 1 N–H and O–H groups in total. The van der Waals surface area contributed by atoms with E-state index < -0.39 is 17.8 Å². The van der Waals surface area contributed by atoms with Gasteiger partial charge in [-0.1, -0.05) is 0 Å². The average Bonchev–Trinajstić information content (AvgIpc) is 3.39. The number of nitrogens with zero attached hydrogens (tertiary/aromatic N) is 5. The van der Waals surface area contributed by atoms with Gasteiger partial charge in [0, 0.05) is 38.8 Å². The second-order valence-electron chi connectivity index (χ2n) is 7.71. The highest BCUT2D eigenvalue weighted by Gasteiger charge is 2.40. The van der Waals surface area contributed by atoms with E-state index in [1.807, 2.05) is 12.1 Å². The van der Waals surface area contributed by atoms with Crippen molar-refractivity contribution < 1.29 is 23.8 Å². The highest BCUT2D eigenvalue weighted by molar-refractivity contribution is 5.84. The number of ether oxygens (including phenoxy) is 3. The lowest BCUT2D eigenvalue weighted by Gasteiger charge is -2.38. The lowest BCUT2D eigenvalue weighted by atomic mass is 10.0. The number of esters is 1. The Labute approximate surface area is 180 Å². The van der Waals surface area contributed by atoms with E-state index in [0.29, 0.717) is 31.1 Å². The second kappa shape index (κ2) is 9.15. The molecule has 2 aliphatic rings. The van der Waals surface area contributed by atoms with Crippen molar-refractivity contribution in [2.75, 3.05) is 37.8 Å². The molecule has 1 atom stereocenters. The number of rotatable bonds is 7. The van der Waals surface area contributed by atoms with Crippen molar-refractivity contribution in [3.8, 4) is 0 Å². The Hall–Kier alpha value is -2.79. The summed E-state index contributed by atoms with van der Waals surface area (Å²) in [4.78, 5) is 26.1. The molecule has 2 saturated heterocycles. The molecule has 11 heteroatoms. The van der Waals surface area contributed by atoms with E-state index in [0.717, 1.165) is 31.7 Å². The molecule has 0 bridgehead atoms. The van der Waals surface area contributed by atoms with Gasteiger partial charge in [-0.25, -0.2) is 4.79 Å². The van der Waals surface area contributed by atoms with Gasteiger partial charge in [0.15, 0.2) is 17.3 Å². The van der Waals surface area contributed by atoms with Crippen molar-refractivity contribution in [2.24, 2.45) is 0 Å². The van der Waals surface area contributed by atoms with E-state index in [-0.39, 0.29) is 18.9 Å². The number of aryl methyl sites for hydroxylation is 1. The number of anilines is 1. The Kier molecular flexibility index (Phi) is 6.33. The van der Waals surface area contributed by atoms with Gasteiger partial charge >= 0.3 is 5.97 Å². The minimum atomic E-state index is -0.692. The van der Waals surface area contributed by atoms with Crippen LogP contribution in [0.25, 0.3) is 5.65 Å². The Balaban J connectivity index is 1.37. The molecule has 0 aromatic carbocycles. The third-order valence-electron chi connectivity index (χ3n) is 5.57. The summed E-state index contributed by atoms with van der Waals surface area (Å²) in [5.41, 5.74) is 0.620. The van der Waals surface area contributed by atoms with Crippen LogP contribution in [-0.2, 0) is 30.2 Å². The van der Waals surface area contributed by atoms with E-state index in [2.05, 4.69) is 20.4 Å². The van der Waals surface area contributed by atoms with Gasteiger partial charge in [0.1, 0.15) is 11.9 Å². The van der Waals surface area contributed by atoms with Crippen LogP contribution in [0, 0.1) is 0 Å². The van der Waals surface area contributed by atoms with Gasteiger partial charge in [0.25, 0.3) is 0 Å². The zero-order chi connectivity index (χ0) is 21.8. The lowest BCUT2D eigenvalue weighted by molar-refractivity contribution is -0.169. The number of hydrogen-bond donors (Lipinski definition) is 1. The van der Waals surface area contributed by atoms with Crippen molar-refractivity contribution in [1.82, 2.24) is 25.1 Å². The molecule has 2 aliphatic heterocycles. The van der Waals surface area contributed by atoms with Crippen LogP contribution < -0.4 is 10.2 Å². The van der Waals surface area contributed by atoms with Gasteiger partial charge in [0.2, 0.25) is 5.91 Å². The minimum Gasteiger partial charge on any atom is -0.464 e. The molecular formula is C20H28N6O5. The summed E-state index contributed by atoms with van der Waals surface area (Å²) < 4.78 is 18.2. The summed E-state index contributed by atoms with van der Waals surface area (Å²) in [6.07, 6.45) is 2.10. The molecule has 0 radical (unpaired) electrons. The largest absolute Gasteiger partial charge is 0.464 e. The van der Waals surface area contributed by atoms with Crippen LogP contribution in [0.5, 0.6) is 0 Å². The lowest BCUT2D eigenvalue weighted by Crippen LogP contribution is -2.45. The van der Waals surface area contributed by atoms with E-state index >= 15 is 0 Å². The molecule has 1 amide bonds. The third-order valence-corrected chi connectivity index (χ3v) is 5.57. The molecule has 0 saturated carbocycles. The summed E-state index contributed by atoms with van der Waals surface area (Å²) in [6.45, 7) is 6.47. The monoisotopic (exact) mass is 432 g/mol. The number of aromatic nitrogens is 4. The van der Waals surface area contributed by atoms with Gasteiger partial charge in [0.05, 0.1) is 19.8 Å². The van der Waals surface area contributed by atoms with E-state index in [1.165, 1.54) is 0 Å². The zero-order valence-corrected chi connectivity index (χ0v) is 17.9. The fraction of sp³-hybridized carbons (Fsp3) is 0.650. The smallest absolute Gasteiger partial charge is 0.328 e. The van der Waals surface area contributed by atoms with Crippen LogP contribution in [0.4, 0.5) is 5.82 Å². The first-order valence-corrected chi connectivity index (χ1v) is 10.7. The van der Waals surface area contributed by atoms with Gasteiger partial charge in [-0.2, -0.15) is 4.52 Å². The molecule has 2 aromatic rings.